The van der Waals surface area contributed by atoms with Crippen LogP contribution in [0.5, 0.6) is 5.75 Å². The van der Waals surface area contributed by atoms with Gasteiger partial charge in [-0.15, -0.1) is 17.5 Å². The van der Waals surface area contributed by atoms with E-state index in [9.17, 15) is 4.79 Å². The summed E-state index contributed by atoms with van der Waals surface area (Å²) >= 11 is 0. The highest BCUT2D eigenvalue weighted by atomic mass is 35.5. The number of ether oxygens (including phenoxy) is 1. The number of halogens is 1. The Hall–Kier alpha value is -2.12. The van der Waals surface area contributed by atoms with E-state index >= 15 is 0 Å². The average Bonchev–Trinajstić information content (AvgIpc) is 2.93. The normalized spacial score (nSPS) is 10.0. The Balaban J connectivity index is 0.00000264. The van der Waals surface area contributed by atoms with Crippen LogP contribution >= 0.6 is 12.4 Å². The van der Waals surface area contributed by atoms with Crippen LogP contribution in [0, 0.1) is 6.92 Å². The van der Waals surface area contributed by atoms with Gasteiger partial charge in [-0.3, -0.25) is 4.79 Å². The maximum absolute atomic E-state index is 12.1. The summed E-state index contributed by atoms with van der Waals surface area (Å²) in [6, 6.07) is 7.40. The number of hydrogen-bond donors (Lipinski definition) is 2. The molecular formula is C15H22ClN5O2. The van der Waals surface area contributed by atoms with Crippen molar-refractivity contribution in [3.63, 3.8) is 0 Å². The number of amides is 1. The predicted molar refractivity (Wildman–Crippen MR) is 90.5 cm³/mol. The van der Waals surface area contributed by atoms with Gasteiger partial charge in [0.15, 0.2) is 5.69 Å². The smallest absolute Gasteiger partial charge is 0.273 e. The van der Waals surface area contributed by atoms with Crippen LogP contribution in [-0.2, 0) is 0 Å². The third-order valence-corrected chi connectivity index (χ3v) is 3.34. The Kier molecular flexibility index (Phi) is 7.50. The molecular weight excluding hydrogens is 318 g/mol. The Bertz CT molecular complexity index is 627. The molecule has 0 saturated heterocycles. The molecule has 23 heavy (non-hydrogen) atoms. The molecule has 1 heterocycles. The largest absolute Gasteiger partial charge is 0.497 e. The summed E-state index contributed by atoms with van der Waals surface area (Å²) in [5.41, 5.74) is 7.28. The number of nitrogens with zero attached hydrogens (tertiary/aromatic N) is 3. The molecule has 126 valence electrons. The van der Waals surface area contributed by atoms with Crippen molar-refractivity contribution in [3.8, 4) is 11.4 Å². The topological polar surface area (TPSA) is 95.1 Å². The minimum Gasteiger partial charge on any atom is -0.497 e. The molecule has 0 atom stereocenters. The third kappa shape index (κ3) is 4.67. The van der Waals surface area contributed by atoms with Crippen LogP contribution in [0.3, 0.4) is 0 Å². The van der Waals surface area contributed by atoms with Crippen molar-refractivity contribution >= 4 is 18.3 Å². The van der Waals surface area contributed by atoms with E-state index in [1.165, 1.54) is 0 Å². The number of nitrogens with one attached hydrogen (secondary N) is 1. The van der Waals surface area contributed by atoms with Crippen molar-refractivity contribution in [1.29, 1.82) is 0 Å². The molecule has 8 heteroatoms. The van der Waals surface area contributed by atoms with Crippen molar-refractivity contribution < 1.29 is 9.53 Å². The van der Waals surface area contributed by atoms with E-state index in [-0.39, 0.29) is 18.3 Å². The van der Waals surface area contributed by atoms with Crippen LogP contribution < -0.4 is 15.8 Å². The third-order valence-electron chi connectivity index (χ3n) is 3.34. The average molecular weight is 340 g/mol. The number of rotatable bonds is 7. The fourth-order valence-electron chi connectivity index (χ4n) is 2.06. The van der Waals surface area contributed by atoms with Gasteiger partial charge in [0.1, 0.15) is 5.75 Å². The lowest BCUT2D eigenvalue weighted by atomic mass is 10.2. The van der Waals surface area contributed by atoms with Gasteiger partial charge in [0.2, 0.25) is 0 Å². The lowest BCUT2D eigenvalue weighted by molar-refractivity contribution is 0.0947. The zero-order chi connectivity index (χ0) is 15.9. The first kappa shape index (κ1) is 18.9. The van der Waals surface area contributed by atoms with Gasteiger partial charge in [-0.25, -0.2) is 4.68 Å². The molecule has 0 radical (unpaired) electrons. The Labute approximate surface area is 141 Å². The first-order chi connectivity index (χ1) is 10.7. The summed E-state index contributed by atoms with van der Waals surface area (Å²) in [6.45, 7) is 3.03. The zero-order valence-corrected chi connectivity index (χ0v) is 14.1. The summed E-state index contributed by atoms with van der Waals surface area (Å²) in [5.74, 6) is 0.550. The van der Waals surface area contributed by atoms with Gasteiger partial charge < -0.3 is 15.8 Å². The second-order valence-electron chi connectivity index (χ2n) is 4.88. The molecule has 3 N–H and O–H groups in total. The maximum Gasteiger partial charge on any atom is 0.273 e. The SMILES string of the molecule is COc1ccc(-n2nnc(C(=O)NCCCCN)c2C)cc1.Cl. The molecule has 0 saturated carbocycles. The van der Waals surface area contributed by atoms with Crippen LogP contribution in [0.4, 0.5) is 0 Å². The standard InChI is InChI=1S/C15H21N5O2.ClH/c1-11-14(15(21)17-10-4-3-9-16)18-19-20(11)12-5-7-13(22-2)8-6-12;/h5-8H,3-4,9-10,16H2,1-2H3,(H,17,21);1H. The molecule has 0 bridgehead atoms. The first-order valence-corrected chi connectivity index (χ1v) is 7.22. The van der Waals surface area contributed by atoms with Gasteiger partial charge in [0.05, 0.1) is 18.5 Å². The van der Waals surface area contributed by atoms with Crippen LogP contribution in [-0.4, -0.2) is 41.1 Å². The highest BCUT2D eigenvalue weighted by Gasteiger charge is 2.16. The van der Waals surface area contributed by atoms with Crippen molar-refractivity contribution in [2.24, 2.45) is 5.73 Å². The van der Waals surface area contributed by atoms with E-state index in [0.717, 1.165) is 24.3 Å². The number of aromatic nitrogens is 3. The molecule has 0 spiro atoms. The first-order valence-electron chi connectivity index (χ1n) is 7.22. The molecule has 1 amide bonds. The number of hydrogen-bond acceptors (Lipinski definition) is 5. The number of nitrogens with two attached hydrogens (primary N) is 1. The molecule has 0 aliphatic carbocycles. The molecule has 0 fully saturated rings. The minimum absolute atomic E-state index is 0. The van der Waals surface area contributed by atoms with Crippen molar-refractivity contribution in [2.45, 2.75) is 19.8 Å². The Morgan fingerprint density at radius 1 is 1.30 bits per heavy atom. The Morgan fingerprint density at radius 3 is 2.61 bits per heavy atom. The monoisotopic (exact) mass is 339 g/mol. The second-order valence-corrected chi connectivity index (χ2v) is 4.88. The Morgan fingerprint density at radius 2 is 2.00 bits per heavy atom. The number of carbonyl (C=O) groups excluding carboxylic acids is 1. The van der Waals surface area contributed by atoms with Crippen LogP contribution in [0.15, 0.2) is 24.3 Å². The number of benzene rings is 1. The summed E-state index contributed by atoms with van der Waals surface area (Å²) in [4.78, 5) is 12.1. The van der Waals surface area contributed by atoms with E-state index in [2.05, 4.69) is 15.6 Å². The summed E-state index contributed by atoms with van der Waals surface area (Å²) in [7, 11) is 1.61. The van der Waals surface area contributed by atoms with Gasteiger partial charge in [-0.2, -0.15) is 0 Å². The van der Waals surface area contributed by atoms with Gasteiger partial charge in [0.25, 0.3) is 5.91 Å². The summed E-state index contributed by atoms with van der Waals surface area (Å²) in [5, 5.41) is 10.9. The minimum atomic E-state index is -0.214. The molecule has 2 aromatic rings. The number of methoxy groups -OCH3 is 1. The van der Waals surface area contributed by atoms with Gasteiger partial charge in [0, 0.05) is 6.54 Å². The number of unbranched alkanes of at least 4 members (excludes halogenated alkanes) is 1. The van der Waals surface area contributed by atoms with Crippen LogP contribution in [0.25, 0.3) is 5.69 Å². The highest BCUT2D eigenvalue weighted by Crippen LogP contribution is 2.16. The highest BCUT2D eigenvalue weighted by molar-refractivity contribution is 5.93. The van der Waals surface area contributed by atoms with Crippen LogP contribution in [0.2, 0.25) is 0 Å². The number of carbonyl (C=O) groups is 1. The fraction of sp³-hybridized carbons (Fsp3) is 0.400. The molecule has 7 nitrogen and oxygen atoms in total. The fourth-order valence-corrected chi connectivity index (χ4v) is 2.06. The summed E-state index contributed by atoms with van der Waals surface area (Å²) < 4.78 is 6.76. The molecule has 0 aliphatic heterocycles. The van der Waals surface area contributed by atoms with Gasteiger partial charge in [-0.05, 0) is 50.6 Å². The van der Waals surface area contributed by atoms with E-state index in [1.807, 2.05) is 31.2 Å². The molecule has 2 rings (SSSR count). The van der Waals surface area contributed by atoms with Crippen molar-refractivity contribution in [3.05, 3.63) is 35.7 Å². The zero-order valence-electron chi connectivity index (χ0n) is 13.3. The lowest BCUT2D eigenvalue weighted by Crippen LogP contribution is -2.26. The second kappa shape index (κ2) is 9.12. The van der Waals surface area contributed by atoms with E-state index < -0.39 is 0 Å². The van der Waals surface area contributed by atoms with Gasteiger partial charge >= 0.3 is 0 Å². The molecule has 0 aliphatic rings. The van der Waals surface area contributed by atoms with E-state index in [1.54, 1.807) is 11.8 Å². The maximum atomic E-state index is 12.1. The summed E-state index contributed by atoms with van der Waals surface area (Å²) in [6.07, 6.45) is 1.74. The van der Waals surface area contributed by atoms with Gasteiger partial charge in [-0.1, -0.05) is 5.21 Å². The molecule has 1 aromatic heterocycles. The lowest BCUT2D eigenvalue weighted by Gasteiger charge is -2.06. The predicted octanol–water partition coefficient (Wildman–Crippen LogP) is 1.47. The van der Waals surface area contributed by atoms with Crippen molar-refractivity contribution in [2.75, 3.05) is 20.2 Å². The molecule has 0 unspecified atom stereocenters. The van der Waals surface area contributed by atoms with Crippen molar-refractivity contribution in [1.82, 2.24) is 20.3 Å². The van der Waals surface area contributed by atoms with E-state index in [0.29, 0.717) is 24.5 Å². The molecule has 1 aromatic carbocycles. The van der Waals surface area contributed by atoms with E-state index in [4.69, 9.17) is 10.5 Å². The van der Waals surface area contributed by atoms with Crippen LogP contribution in [0.1, 0.15) is 29.0 Å². The quantitative estimate of drug-likeness (QED) is 0.745.